The molecule has 0 N–H and O–H groups in total. The van der Waals surface area contributed by atoms with Gasteiger partial charge in [-0.2, -0.15) is 5.26 Å². The van der Waals surface area contributed by atoms with Crippen LogP contribution in [0.4, 0.5) is 0 Å². The first-order chi connectivity index (χ1) is 32.6. The van der Waals surface area contributed by atoms with E-state index in [-0.39, 0.29) is 23.6 Å². The highest BCUT2D eigenvalue weighted by Gasteiger charge is 2.18. The topological polar surface area (TPSA) is 23.8 Å². The molecule has 418 valence electrons. The van der Waals surface area contributed by atoms with E-state index in [2.05, 4.69) is 176 Å². The molecule has 2 fully saturated rings. The van der Waals surface area contributed by atoms with Crippen LogP contribution < -0.4 is 0 Å². The molecule has 0 aliphatic heterocycles. The van der Waals surface area contributed by atoms with E-state index in [1.807, 2.05) is 68.4 Å². The van der Waals surface area contributed by atoms with Crippen LogP contribution in [0.5, 0.6) is 0 Å². The molecule has 0 spiro atoms. The predicted molar refractivity (Wildman–Crippen MR) is 327 cm³/mol. The van der Waals surface area contributed by atoms with Gasteiger partial charge in [-0.25, -0.2) is 0 Å². The van der Waals surface area contributed by atoms with Crippen molar-refractivity contribution in [2.24, 2.45) is 75.4 Å². The predicted octanol–water partition coefficient (Wildman–Crippen LogP) is 25.0. The Balaban J connectivity index is -0.000000132. The van der Waals surface area contributed by atoms with Gasteiger partial charge < -0.3 is 0 Å². The van der Waals surface area contributed by atoms with Crippen molar-refractivity contribution >= 4 is 0 Å². The van der Waals surface area contributed by atoms with Crippen LogP contribution >= 0.6 is 0 Å². The van der Waals surface area contributed by atoms with Crippen molar-refractivity contribution in [3.63, 3.8) is 0 Å². The molecular formula is C68H141N. The van der Waals surface area contributed by atoms with Gasteiger partial charge in [-0.3, -0.25) is 0 Å². The Bertz CT molecular complexity index is 1210. The lowest BCUT2D eigenvalue weighted by molar-refractivity contribution is 0.279. The van der Waals surface area contributed by atoms with Crippen molar-refractivity contribution < 1.29 is 4.11 Å². The molecular weight excluding hydrogens is 831 g/mol. The van der Waals surface area contributed by atoms with Gasteiger partial charge in [-0.1, -0.05) is 320 Å². The summed E-state index contributed by atoms with van der Waals surface area (Å²) in [4.78, 5) is 0. The summed E-state index contributed by atoms with van der Waals surface area (Å²) in [6, 6.07) is 12.6. The first-order valence-electron chi connectivity index (χ1n) is 31.1. The summed E-state index contributed by atoms with van der Waals surface area (Å²) in [6.07, 6.45) is 21.8. The maximum atomic E-state index is 7.89. The van der Waals surface area contributed by atoms with Crippen molar-refractivity contribution in [1.29, 1.82) is 5.26 Å². The Kier molecular flexibility index (Phi) is 57.0. The van der Waals surface area contributed by atoms with Crippen molar-refractivity contribution in [2.45, 2.75) is 323 Å². The third-order valence-electron chi connectivity index (χ3n) is 11.5. The summed E-state index contributed by atoms with van der Waals surface area (Å²) in [5.74, 6) is 7.59. The molecule has 2 saturated carbocycles. The van der Waals surface area contributed by atoms with E-state index in [1.54, 1.807) is 0 Å². The molecule has 2 aliphatic carbocycles. The number of nitrogens with zero attached hydrogens (tertiary/aromatic N) is 1. The van der Waals surface area contributed by atoms with Gasteiger partial charge in [0.25, 0.3) is 0 Å². The summed E-state index contributed by atoms with van der Waals surface area (Å²) >= 11 is 0. The number of nitriles is 1. The van der Waals surface area contributed by atoms with Crippen LogP contribution in [0, 0.1) is 86.8 Å². The maximum Gasteiger partial charge on any atom is 0.0649 e. The highest BCUT2D eigenvalue weighted by molar-refractivity contribution is 5.14. The maximum absolute atomic E-state index is 7.89. The average Bonchev–Trinajstić information content (AvgIpc) is 3.78. The van der Waals surface area contributed by atoms with Crippen LogP contribution in [0.25, 0.3) is 0 Å². The number of hydrogen-bond acceptors (Lipinski definition) is 1. The Morgan fingerprint density at radius 1 is 0.536 bits per heavy atom. The van der Waals surface area contributed by atoms with Crippen LogP contribution in [0.15, 0.2) is 30.3 Å². The molecule has 3 rings (SSSR count). The fourth-order valence-electron chi connectivity index (χ4n) is 7.40. The molecule has 1 nitrogen and oxygen atoms in total. The van der Waals surface area contributed by atoms with Crippen molar-refractivity contribution in [2.75, 3.05) is 0 Å². The van der Waals surface area contributed by atoms with Crippen molar-refractivity contribution in [3.8, 4) is 6.07 Å². The molecule has 69 heavy (non-hydrogen) atoms. The van der Waals surface area contributed by atoms with E-state index in [1.165, 1.54) is 108 Å². The monoisotopic (exact) mass is 975 g/mol. The van der Waals surface area contributed by atoms with Crippen LogP contribution in [0.3, 0.4) is 0 Å². The summed E-state index contributed by atoms with van der Waals surface area (Å²) in [5, 5.41) is 7.89. The fraction of sp³-hybridized carbons (Fsp3) is 0.897. The highest BCUT2D eigenvalue weighted by atomic mass is 14.2. The summed E-state index contributed by atoms with van der Waals surface area (Å²) < 4.78 is 22.0. The van der Waals surface area contributed by atoms with Crippen LogP contribution in [-0.2, 0) is 6.42 Å². The van der Waals surface area contributed by atoms with Crippen molar-refractivity contribution in [3.05, 3.63) is 35.9 Å². The molecule has 0 unspecified atom stereocenters. The number of rotatable bonds is 10. The molecule has 0 heterocycles. The van der Waals surface area contributed by atoms with Gasteiger partial charge in [0, 0.05) is 10.0 Å². The van der Waals surface area contributed by atoms with Gasteiger partial charge in [0.05, 0.1) is 6.07 Å². The molecule has 0 saturated heterocycles. The molecule has 0 amide bonds. The Morgan fingerprint density at radius 3 is 1.06 bits per heavy atom. The van der Waals surface area contributed by atoms with Gasteiger partial charge >= 0.3 is 0 Å². The van der Waals surface area contributed by atoms with Gasteiger partial charge in [0.15, 0.2) is 0 Å². The summed E-state index contributed by atoms with van der Waals surface area (Å²) in [7, 11) is 0. The lowest BCUT2D eigenvalue weighted by atomic mass is 9.82. The standard InChI is InChI=1S/C10H14.C9H18.C8H16.3C8H18.C7H16.C4H7N.2C3H8/c1-9(2)8-10-6-4-3-5-7-10;1-8(2)9-6-4-3-5-7-9;1-7(2)8-5-3-4-6-8;2*1-7(2)6-8(3,4)5;1-4-5-6-7-8(2)3;1-6(2)7(3,4)5;1-4(2)3-5;2*1-3-2/h3-7,9H,8H2,1-2H3;8-9H,3-7H2,1-2H3;7-8H,3-6H2,1-2H3;2*7H,6H2,1-5H3;8H,4-7H2,1-3H3;6H,1-5H3;4H,1-2H3;2*3H2,1-2H3/i;;;6D2;;;;;3D;. The highest BCUT2D eigenvalue weighted by Crippen LogP contribution is 2.31. The number of benzene rings is 1. The lowest BCUT2D eigenvalue weighted by Gasteiger charge is -2.24. The van der Waals surface area contributed by atoms with Gasteiger partial charge in [-0.05, 0) is 108 Å². The third-order valence-corrected chi connectivity index (χ3v) is 11.5. The average molecular weight is 976 g/mol. The zero-order valence-corrected chi connectivity index (χ0v) is 54.0. The minimum Gasteiger partial charge on any atom is -0.198 e. The first kappa shape index (κ1) is 74.2. The van der Waals surface area contributed by atoms with E-state index in [4.69, 9.17) is 9.37 Å². The smallest absolute Gasteiger partial charge is 0.0649 e. The van der Waals surface area contributed by atoms with Crippen LogP contribution in [-0.4, -0.2) is 0 Å². The Morgan fingerprint density at radius 2 is 0.884 bits per heavy atom. The summed E-state index contributed by atoms with van der Waals surface area (Å²) in [6.45, 7) is 64.7. The molecule has 1 aromatic rings. The molecule has 0 atom stereocenters. The lowest BCUT2D eigenvalue weighted by Crippen LogP contribution is -2.12. The zero-order chi connectivity index (χ0) is 58.5. The largest absolute Gasteiger partial charge is 0.198 e. The number of hydrogen-bond donors (Lipinski definition) is 0. The first-order valence-corrected chi connectivity index (χ1v) is 29.5. The van der Waals surface area contributed by atoms with Crippen LogP contribution in [0.1, 0.15) is 326 Å². The molecule has 1 heteroatoms. The Hall–Kier alpha value is -1.29. The van der Waals surface area contributed by atoms with E-state index >= 15 is 0 Å². The van der Waals surface area contributed by atoms with E-state index in [0.717, 1.165) is 47.3 Å². The zero-order valence-electron chi connectivity index (χ0n) is 57.0. The fourth-order valence-corrected chi connectivity index (χ4v) is 7.40. The van der Waals surface area contributed by atoms with Gasteiger partial charge in [0.2, 0.25) is 0 Å². The van der Waals surface area contributed by atoms with Gasteiger partial charge in [0.1, 0.15) is 0 Å². The molecule has 0 bridgehead atoms. The normalized spacial score (nSPS) is 14.6. The third kappa shape index (κ3) is 86.9. The van der Waals surface area contributed by atoms with E-state index < -0.39 is 6.37 Å². The second kappa shape index (κ2) is 53.0. The summed E-state index contributed by atoms with van der Waals surface area (Å²) in [5.41, 5.74) is 2.22. The van der Waals surface area contributed by atoms with Crippen molar-refractivity contribution in [1.82, 2.24) is 0 Å². The quantitative estimate of drug-likeness (QED) is 0.214. The van der Waals surface area contributed by atoms with Crippen LogP contribution in [0.2, 0.25) is 0 Å². The second-order valence-electron chi connectivity index (χ2n) is 26.7. The molecule has 2 aliphatic rings. The van der Waals surface area contributed by atoms with Gasteiger partial charge in [-0.15, -0.1) is 0 Å². The molecule has 0 radical (unpaired) electrons. The second-order valence-corrected chi connectivity index (χ2v) is 26.7. The minimum absolute atomic E-state index is 0.0833. The van der Waals surface area contributed by atoms with E-state index in [9.17, 15) is 0 Å². The SMILES string of the molecule is CC(C)C#N.CC(C)C(C)(C)C.CC(C)C1CCCC1.CC(C)C1CCCCC1.CC(C)CC(C)(C)C.CC(C)Cc1ccccc1.CCC.CCCCCC(C)C.[2H]C(C)C.[2H]C([2H])(C(C)C)C(C)(C)C. The number of unbranched alkanes of at least 4 members (excludes halogenated alkanes) is 2. The molecule has 0 aromatic heterocycles. The van der Waals surface area contributed by atoms with E-state index in [0.29, 0.717) is 10.8 Å². The molecule has 1 aromatic carbocycles. The Labute approximate surface area is 448 Å². The minimum atomic E-state index is -1.06.